The highest BCUT2D eigenvalue weighted by Gasteiger charge is 2.11. The molecular weight excluding hydrogens is 354 g/mol. The standard InChI is InChI=1S/C22H25N3O3/c1-16(15-28-21-10-8-20(27-3)9-11-21)24-22(26)19-6-4-18(5-7-19)14-25-13-12-23-17(25)2/h4-13,16H,14-15H2,1-3H3,(H,24,26)/t16-/m0/s1. The second-order valence-electron chi connectivity index (χ2n) is 6.66. The summed E-state index contributed by atoms with van der Waals surface area (Å²) in [5, 5.41) is 2.96. The Balaban J connectivity index is 1.49. The van der Waals surface area contributed by atoms with E-state index < -0.39 is 0 Å². The van der Waals surface area contributed by atoms with Gasteiger partial charge in [0.2, 0.25) is 0 Å². The number of rotatable bonds is 8. The Morgan fingerprint density at radius 3 is 2.39 bits per heavy atom. The predicted molar refractivity (Wildman–Crippen MR) is 108 cm³/mol. The number of amides is 1. The fraction of sp³-hybridized carbons (Fsp3) is 0.273. The fourth-order valence-electron chi connectivity index (χ4n) is 2.77. The van der Waals surface area contributed by atoms with Gasteiger partial charge in [-0.3, -0.25) is 4.79 Å². The van der Waals surface area contributed by atoms with Crippen LogP contribution in [0.25, 0.3) is 0 Å². The summed E-state index contributed by atoms with van der Waals surface area (Å²) in [6.45, 7) is 5.00. The predicted octanol–water partition coefficient (Wildman–Crippen LogP) is 3.45. The lowest BCUT2D eigenvalue weighted by Gasteiger charge is -2.15. The third-order valence-electron chi connectivity index (χ3n) is 4.43. The van der Waals surface area contributed by atoms with E-state index in [4.69, 9.17) is 9.47 Å². The van der Waals surface area contributed by atoms with Crippen molar-refractivity contribution >= 4 is 5.91 Å². The number of imidazole rings is 1. The third kappa shape index (κ3) is 5.13. The van der Waals surface area contributed by atoms with Gasteiger partial charge in [0.15, 0.2) is 0 Å². The lowest BCUT2D eigenvalue weighted by molar-refractivity contribution is 0.0926. The number of methoxy groups -OCH3 is 1. The number of carbonyl (C=O) groups excluding carboxylic acids is 1. The molecule has 0 aliphatic carbocycles. The molecule has 28 heavy (non-hydrogen) atoms. The van der Waals surface area contributed by atoms with Crippen LogP contribution in [-0.2, 0) is 6.54 Å². The summed E-state index contributed by atoms with van der Waals surface area (Å²) in [6.07, 6.45) is 3.73. The minimum Gasteiger partial charge on any atom is -0.497 e. The van der Waals surface area contributed by atoms with Gasteiger partial charge in [0.25, 0.3) is 5.91 Å². The molecule has 0 spiro atoms. The second kappa shape index (κ2) is 9.08. The normalized spacial score (nSPS) is 11.7. The maximum Gasteiger partial charge on any atom is 0.251 e. The Labute approximate surface area is 165 Å². The number of carbonyl (C=O) groups is 1. The van der Waals surface area contributed by atoms with E-state index in [9.17, 15) is 4.79 Å². The highest BCUT2D eigenvalue weighted by atomic mass is 16.5. The van der Waals surface area contributed by atoms with Crippen molar-refractivity contribution in [2.75, 3.05) is 13.7 Å². The summed E-state index contributed by atoms with van der Waals surface area (Å²) in [5.74, 6) is 2.37. The number of aryl methyl sites for hydroxylation is 1. The average molecular weight is 379 g/mol. The molecule has 6 nitrogen and oxygen atoms in total. The number of aromatic nitrogens is 2. The maximum absolute atomic E-state index is 12.4. The zero-order valence-corrected chi connectivity index (χ0v) is 16.4. The number of benzene rings is 2. The van der Waals surface area contributed by atoms with Crippen LogP contribution < -0.4 is 14.8 Å². The van der Waals surface area contributed by atoms with Crippen molar-refractivity contribution in [1.82, 2.24) is 14.9 Å². The molecular formula is C22H25N3O3. The van der Waals surface area contributed by atoms with E-state index in [-0.39, 0.29) is 11.9 Å². The number of hydrogen-bond donors (Lipinski definition) is 1. The summed E-state index contributed by atoms with van der Waals surface area (Å²) < 4.78 is 12.9. The maximum atomic E-state index is 12.4. The summed E-state index contributed by atoms with van der Waals surface area (Å²) in [7, 11) is 1.62. The Kier molecular flexibility index (Phi) is 6.32. The Bertz CT molecular complexity index is 902. The topological polar surface area (TPSA) is 65.4 Å². The van der Waals surface area contributed by atoms with E-state index in [0.717, 1.165) is 29.4 Å². The Morgan fingerprint density at radius 2 is 1.79 bits per heavy atom. The molecule has 1 atom stereocenters. The first-order valence-electron chi connectivity index (χ1n) is 9.19. The molecule has 0 fully saturated rings. The van der Waals surface area contributed by atoms with Gasteiger partial charge in [-0.15, -0.1) is 0 Å². The van der Waals surface area contributed by atoms with Crippen LogP contribution >= 0.6 is 0 Å². The van der Waals surface area contributed by atoms with Crippen LogP contribution in [0.4, 0.5) is 0 Å². The molecule has 3 rings (SSSR count). The van der Waals surface area contributed by atoms with Gasteiger partial charge in [-0.25, -0.2) is 4.98 Å². The van der Waals surface area contributed by atoms with Gasteiger partial charge in [0, 0.05) is 24.5 Å². The molecule has 1 amide bonds. The molecule has 2 aromatic carbocycles. The van der Waals surface area contributed by atoms with Crippen LogP contribution in [0.2, 0.25) is 0 Å². The Morgan fingerprint density at radius 1 is 1.11 bits per heavy atom. The number of hydrogen-bond acceptors (Lipinski definition) is 4. The zero-order valence-electron chi connectivity index (χ0n) is 16.4. The van der Waals surface area contributed by atoms with Crippen LogP contribution in [-0.4, -0.2) is 35.2 Å². The summed E-state index contributed by atoms with van der Waals surface area (Å²) in [6, 6.07) is 14.9. The van der Waals surface area contributed by atoms with E-state index >= 15 is 0 Å². The van der Waals surface area contributed by atoms with Crippen molar-refractivity contribution in [3.8, 4) is 11.5 Å². The molecule has 146 valence electrons. The molecule has 1 N–H and O–H groups in total. The zero-order chi connectivity index (χ0) is 19.9. The molecule has 1 aromatic heterocycles. The van der Waals surface area contributed by atoms with Crippen molar-refractivity contribution < 1.29 is 14.3 Å². The van der Waals surface area contributed by atoms with Gasteiger partial charge in [0.1, 0.15) is 23.9 Å². The van der Waals surface area contributed by atoms with Gasteiger partial charge in [0.05, 0.1) is 13.2 Å². The molecule has 0 saturated heterocycles. The van der Waals surface area contributed by atoms with E-state index in [1.807, 2.05) is 68.6 Å². The van der Waals surface area contributed by atoms with Crippen LogP contribution in [0.3, 0.4) is 0 Å². The molecule has 1 heterocycles. The largest absolute Gasteiger partial charge is 0.497 e. The first-order valence-corrected chi connectivity index (χ1v) is 9.19. The van der Waals surface area contributed by atoms with Crippen LogP contribution in [0.1, 0.15) is 28.7 Å². The van der Waals surface area contributed by atoms with Gasteiger partial charge in [-0.1, -0.05) is 12.1 Å². The van der Waals surface area contributed by atoms with Crippen molar-refractivity contribution in [2.45, 2.75) is 26.4 Å². The van der Waals surface area contributed by atoms with Crippen LogP contribution in [0.15, 0.2) is 60.9 Å². The summed E-state index contributed by atoms with van der Waals surface area (Å²) in [5.41, 5.74) is 1.75. The second-order valence-corrected chi connectivity index (χ2v) is 6.66. The highest BCUT2D eigenvalue weighted by molar-refractivity contribution is 5.94. The van der Waals surface area contributed by atoms with Gasteiger partial charge >= 0.3 is 0 Å². The van der Waals surface area contributed by atoms with Crippen molar-refractivity contribution in [1.29, 1.82) is 0 Å². The average Bonchev–Trinajstić information content (AvgIpc) is 3.11. The number of ether oxygens (including phenoxy) is 2. The van der Waals surface area contributed by atoms with E-state index in [2.05, 4.69) is 14.9 Å². The lowest BCUT2D eigenvalue weighted by Crippen LogP contribution is -2.36. The minimum absolute atomic E-state index is 0.115. The first kappa shape index (κ1) is 19.5. The molecule has 0 radical (unpaired) electrons. The molecule has 0 saturated carbocycles. The van der Waals surface area contributed by atoms with Crippen LogP contribution in [0.5, 0.6) is 11.5 Å². The van der Waals surface area contributed by atoms with Crippen molar-refractivity contribution in [2.24, 2.45) is 0 Å². The molecule has 0 aliphatic rings. The van der Waals surface area contributed by atoms with E-state index in [1.54, 1.807) is 13.3 Å². The highest BCUT2D eigenvalue weighted by Crippen LogP contribution is 2.17. The number of nitrogens with one attached hydrogen (secondary N) is 1. The van der Waals surface area contributed by atoms with Crippen LogP contribution in [0, 0.1) is 6.92 Å². The Hall–Kier alpha value is -3.28. The smallest absolute Gasteiger partial charge is 0.251 e. The third-order valence-corrected chi connectivity index (χ3v) is 4.43. The number of nitrogens with zero attached hydrogens (tertiary/aromatic N) is 2. The molecule has 6 heteroatoms. The molecule has 0 unspecified atom stereocenters. The quantitative estimate of drug-likeness (QED) is 0.651. The first-order chi connectivity index (χ1) is 13.5. The summed E-state index contributed by atoms with van der Waals surface area (Å²) >= 11 is 0. The molecule has 3 aromatic rings. The van der Waals surface area contributed by atoms with E-state index in [0.29, 0.717) is 12.2 Å². The van der Waals surface area contributed by atoms with Gasteiger partial charge in [-0.2, -0.15) is 0 Å². The van der Waals surface area contributed by atoms with Crippen molar-refractivity contribution in [3.05, 3.63) is 77.9 Å². The minimum atomic E-state index is -0.122. The van der Waals surface area contributed by atoms with Crippen molar-refractivity contribution in [3.63, 3.8) is 0 Å². The molecule has 0 bridgehead atoms. The van der Waals surface area contributed by atoms with Gasteiger partial charge in [-0.05, 0) is 55.8 Å². The van der Waals surface area contributed by atoms with E-state index in [1.165, 1.54) is 0 Å². The van der Waals surface area contributed by atoms with Gasteiger partial charge < -0.3 is 19.4 Å². The monoisotopic (exact) mass is 379 g/mol. The molecule has 0 aliphatic heterocycles. The fourth-order valence-corrected chi connectivity index (χ4v) is 2.77. The SMILES string of the molecule is COc1ccc(OC[C@H](C)NC(=O)c2ccc(Cn3ccnc3C)cc2)cc1. The summed E-state index contributed by atoms with van der Waals surface area (Å²) in [4.78, 5) is 16.7. The lowest BCUT2D eigenvalue weighted by atomic mass is 10.1.